The summed E-state index contributed by atoms with van der Waals surface area (Å²) in [6.45, 7) is 4.82. The first kappa shape index (κ1) is 11.2. The Morgan fingerprint density at radius 3 is 2.69 bits per heavy atom. The fourth-order valence-electron chi connectivity index (χ4n) is 2.62. The van der Waals surface area contributed by atoms with Gasteiger partial charge in [-0.25, -0.2) is 0 Å². The largest absolute Gasteiger partial charge is 0.339 e. The predicted octanol–water partition coefficient (Wildman–Crippen LogP) is 2.49. The van der Waals surface area contributed by atoms with E-state index >= 15 is 0 Å². The third-order valence-corrected chi connectivity index (χ3v) is 3.34. The van der Waals surface area contributed by atoms with Crippen molar-refractivity contribution in [2.75, 3.05) is 6.54 Å². The van der Waals surface area contributed by atoms with Crippen molar-refractivity contribution in [3.63, 3.8) is 0 Å². The molecule has 0 aliphatic carbocycles. The second-order valence-electron chi connectivity index (χ2n) is 4.86. The highest BCUT2D eigenvalue weighted by Gasteiger charge is 2.30. The van der Waals surface area contributed by atoms with Gasteiger partial charge in [-0.1, -0.05) is 37.3 Å². The topological polar surface area (TPSA) is 20.3 Å². The SMILES string of the molecule is CC(=O)N1CC(C)CC1Cc1ccccc1. The number of amides is 1. The Kier molecular flexibility index (Phi) is 3.28. The van der Waals surface area contributed by atoms with Gasteiger partial charge in [0.05, 0.1) is 0 Å². The van der Waals surface area contributed by atoms with Gasteiger partial charge in [0, 0.05) is 19.5 Å². The van der Waals surface area contributed by atoms with Gasteiger partial charge in [0.2, 0.25) is 5.91 Å². The van der Waals surface area contributed by atoms with Gasteiger partial charge >= 0.3 is 0 Å². The maximum atomic E-state index is 11.5. The van der Waals surface area contributed by atoms with Crippen molar-refractivity contribution in [2.24, 2.45) is 5.92 Å². The van der Waals surface area contributed by atoms with Crippen molar-refractivity contribution in [3.05, 3.63) is 35.9 Å². The minimum Gasteiger partial charge on any atom is -0.339 e. The average molecular weight is 217 g/mol. The Bertz CT molecular complexity index is 360. The lowest BCUT2D eigenvalue weighted by Crippen LogP contribution is -2.35. The fourth-order valence-corrected chi connectivity index (χ4v) is 2.62. The maximum absolute atomic E-state index is 11.5. The molecule has 2 atom stereocenters. The van der Waals surface area contributed by atoms with Crippen LogP contribution in [0.3, 0.4) is 0 Å². The van der Waals surface area contributed by atoms with E-state index in [1.54, 1.807) is 6.92 Å². The lowest BCUT2D eigenvalue weighted by atomic mass is 10.0. The number of carbonyl (C=O) groups excluding carboxylic acids is 1. The fraction of sp³-hybridized carbons (Fsp3) is 0.500. The minimum atomic E-state index is 0.213. The van der Waals surface area contributed by atoms with E-state index < -0.39 is 0 Å². The smallest absolute Gasteiger partial charge is 0.219 e. The van der Waals surface area contributed by atoms with Gasteiger partial charge in [-0.3, -0.25) is 4.79 Å². The van der Waals surface area contributed by atoms with E-state index in [1.165, 1.54) is 5.56 Å². The number of hydrogen-bond donors (Lipinski definition) is 0. The normalized spacial score (nSPS) is 24.8. The Labute approximate surface area is 97.3 Å². The molecule has 0 spiro atoms. The standard InChI is InChI=1S/C14H19NO/c1-11-8-14(15(10-11)12(2)16)9-13-6-4-3-5-7-13/h3-7,11,14H,8-10H2,1-2H3. The monoisotopic (exact) mass is 217 g/mol. The summed E-state index contributed by atoms with van der Waals surface area (Å²) in [5.41, 5.74) is 1.33. The van der Waals surface area contributed by atoms with E-state index in [-0.39, 0.29) is 5.91 Å². The van der Waals surface area contributed by atoms with Gasteiger partial charge in [-0.15, -0.1) is 0 Å². The van der Waals surface area contributed by atoms with Gasteiger partial charge in [0.15, 0.2) is 0 Å². The van der Waals surface area contributed by atoms with Crippen LogP contribution in [0.5, 0.6) is 0 Å². The van der Waals surface area contributed by atoms with Gasteiger partial charge in [-0.05, 0) is 24.3 Å². The molecule has 2 unspecified atom stereocenters. The van der Waals surface area contributed by atoms with Crippen molar-refractivity contribution in [1.82, 2.24) is 4.90 Å². The molecule has 1 amide bonds. The number of hydrogen-bond acceptors (Lipinski definition) is 1. The molecule has 1 fully saturated rings. The molecule has 1 saturated heterocycles. The van der Waals surface area contributed by atoms with Crippen molar-refractivity contribution >= 4 is 5.91 Å². The Hall–Kier alpha value is -1.31. The van der Waals surface area contributed by atoms with Crippen molar-refractivity contribution in [1.29, 1.82) is 0 Å². The van der Waals surface area contributed by atoms with Crippen LogP contribution in [0.25, 0.3) is 0 Å². The van der Waals surface area contributed by atoms with Crippen molar-refractivity contribution in [2.45, 2.75) is 32.7 Å². The average Bonchev–Trinajstić information content (AvgIpc) is 2.61. The molecule has 2 nitrogen and oxygen atoms in total. The molecule has 1 aromatic carbocycles. The quantitative estimate of drug-likeness (QED) is 0.745. The number of benzene rings is 1. The summed E-state index contributed by atoms with van der Waals surface area (Å²) in [6, 6.07) is 10.8. The molecule has 0 N–H and O–H groups in total. The molecule has 1 aliphatic heterocycles. The van der Waals surface area contributed by atoms with E-state index in [1.807, 2.05) is 11.0 Å². The van der Waals surface area contributed by atoms with Crippen molar-refractivity contribution in [3.8, 4) is 0 Å². The van der Waals surface area contributed by atoms with Gasteiger partial charge in [0.25, 0.3) is 0 Å². The molecule has 0 aromatic heterocycles. The van der Waals surface area contributed by atoms with Gasteiger partial charge < -0.3 is 4.90 Å². The lowest BCUT2D eigenvalue weighted by Gasteiger charge is -2.23. The zero-order valence-electron chi connectivity index (χ0n) is 10.0. The Balaban J connectivity index is 2.06. The second kappa shape index (κ2) is 4.69. The van der Waals surface area contributed by atoms with Crippen LogP contribution < -0.4 is 0 Å². The maximum Gasteiger partial charge on any atom is 0.219 e. The van der Waals surface area contributed by atoms with E-state index in [0.29, 0.717) is 12.0 Å². The molecular formula is C14H19NO. The lowest BCUT2D eigenvalue weighted by molar-refractivity contribution is -0.129. The molecule has 2 heteroatoms. The molecule has 0 saturated carbocycles. The van der Waals surface area contributed by atoms with E-state index in [2.05, 4.69) is 31.2 Å². The third kappa shape index (κ3) is 2.43. The molecule has 16 heavy (non-hydrogen) atoms. The van der Waals surface area contributed by atoms with Gasteiger partial charge in [-0.2, -0.15) is 0 Å². The highest BCUT2D eigenvalue weighted by atomic mass is 16.2. The molecule has 1 aliphatic rings. The van der Waals surface area contributed by atoms with E-state index in [9.17, 15) is 4.79 Å². The molecule has 0 bridgehead atoms. The van der Waals surface area contributed by atoms with Crippen LogP contribution in [0.2, 0.25) is 0 Å². The molecule has 86 valence electrons. The Morgan fingerprint density at radius 1 is 1.38 bits per heavy atom. The first-order valence-electron chi connectivity index (χ1n) is 5.98. The van der Waals surface area contributed by atoms with Crippen LogP contribution in [0.1, 0.15) is 25.8 Å². The highest BCUT2D eigenvalue weighted by molar-refractivity contribution is 5.74. The number of nitrogens with zero attached hydrogens (tertiary/aromatic N) is 1. The molecule has 2 rings (SSSR count). The van der Waals surface area contributed by atoms with Crippen LogP contribution in [0, 0.1) is 5.92 Å². The molecule has 1 heterocycles. The van der Waals surface area contributed by atoms with Crippen LogP contribution in [0.4, 0.5) is 0 Å². The first-order chi connectivity index (χ1) is 7.66. The summed E-state index contributed by atoms with van der Waals surface area (Å²) in [5, 5.41) is 0. The summed E-state index contributed by atoms with van der Waals surface area (Å²) in [4.78, 5) is 13.5. The second-order valence-corrected chi connectivity index (χ2v) is 4.86. The third-order valence-electron chi connectivity index (χ3n) is 3.34. The summed E-state index contributed by atoms with van der Waals surface area (Å²) < 4.78 is 0. The van der Waals surface area contributed by atoms with Crippen LogP contribution in [-0.2, 0) is 11.2 Å². The van der Waals surface area contributed by atoms with Gasteiger partial charge in [0.1, 0.15) is 0 Å². The van der Waals surface area contributed by atoms with Crippen LogP contribution >= 0.6 is 0 Å². The summed E-state index contributed by atoms with van der Waals surface area (Å²) in [5.74, 6) is 0.850. The van der Waals surface area contributed by atoms with E-state index in [4.69, 9.17) is 0 Å². The predicted molar refractivity (Wildman–Crippen MR) is 65.1 cm³/mol. The zero-order chi connectivity index (χ0) is 11.5. The molecular weight excluding hydrogens is 198 g/mol. The van der Waals surface area contributed by atoms with Crippen LogP contribution in [-0.4, -0.2) is 23.4 Å². The number of carbonyl (C=O) groups is 1. The molecule has 1 aromatic rings. The first-order valence-corrected chi connectivity index (χ1v) is 5.98. The summed E-state index contributed by atoms with van der Waals surface area (Å²) >= 11 is 0. The van der Waals surface area contributed by atoms with E-state index in [0.717, 1.165) is 19.4 Å². The summed E-state index contributed by atoms with van der Waals surface area (Å²) in [6.07, 6.45) is 2.12. The minimum absolute atomic E-state index is 0.213. The zero-order valence-corrected chi connectivity index (χ0v) is 10.0. The highest BCUT2D eigenvalue weighted by Crippen LogP contribution is 2.25. The number of rotatable bonds is 2. The Morgan fingerprint density at radius 2 is 2.06 bits per heavy atom. The van der Waals surface area contributed by atoms with Crippen molar-refractivity contribution < 1.29 is 4.79 Å². The summed E-state index contributed by atoms with van der Waals surface area (Å²) in [7, 11) is 0. The molecule has 0 radical (unpaired) electrons. The van der Waals surface area contributed by atoms with Crippen LogP contribution in [0.15, 0.2) is 30.3 Å². The number of likely N-dealkylation sites (tertiary alicyclic amines) is 1.